The Morgan fingerprint density at radius 1 is 1.13 bits per heavy atom. The number of sulfonamides is 1. The van der Waals surface area contributed by atoms with Crippen LogP contribution in [0.2, 0.25) is 0 Å². The monoisotopic (exact) mass is 776 g/mol. The smallest absolute Gasteiger partial charge is 0.346 e. The zero-order chi connectivity index (χ0) is 39.6. The topological polar surface area (TPSA) is 174 Å². The first-order valence-corrected chi connectivity index (χ1v) is 19.4. The molecule has 2 heterocycles. The Bertz CT molecular complexity index is 1610. The van der Waals surface area contributed by atoms with Crippen molar-refractivity contribution in [3.63, 3.8) is 0 Å². The van der Waals surface area contributed by atoms with Gasteiger partial charge in [-0.15, -0.1) is 17.9 Å². The van der Waals surface area contributed by atoms with Crippen LogP contribution in [0, 0.1) is 28.6 Å². The number of alkyl halides is 3. The Hall–Kier alpha value is -3.51. The molecule has 13 nitrogen and oxygen atoms in total. The molecule has 1 unspecified atom stereocenters. The molecular formula is C34H51F3N6O7S2. The SMILES string of the molecule is C=CCNC(=O)C(=O)C(CC(F)(F)F)NC(=O)[C@@H]1[C@@H]2[C@H](CN1C(=O)[C@@H](NC(=O)N[C@H](CN(C)S(=O)(=O)c1cccs1)[C@@H](C)CC)C(C)(C)C)C2(C)C. The van der Waals surface area contributed by atoms with Crippen molar-refractivity contribution < 1.29 is 45.6 Å². The van der Waals surface area contributed by atoms with Crippen molar-refractivity contribution in [1.29, 1.82) is 0 Å². The lowest BCUT2D eigenvalue weighted by Gasteiger charge is -2.38. The van der Waals surface area contributed by atoms with Gasteiger partial charge in [0.2, 0.25) is 17.6 Å². The minimum Gasteiger partial charge on any atom is -0.346 e. The summed E-state index contributed by atoms with van der Waals surface area (Å²) in [5.41, 5.74) is -1.38. The van der Waals surface area contributed by atoms with E-state index >= 15 is 0 Å². The Morgan fingerprint density at radius 3 is 2.29 bits per heavy atom. The van der Waals surface area contributed by atoms with E-state index in [1.54, 1.807) is 32.2 Å². The normalized spacial score (nSPS) is 22.0. The Morgan fingerprint density at radius 2 is 1.77 bits per heavy atom. The van der Waals surface area contributed by atoms with Gasteiger partial charge in [-0.25, -0.2) is 13.2 Å². The second-order valence-electron chi connectivity index (χ2n) is 15.3. The van der Waals surface area contributed by atoms with Crippen LogP contribution in [-0.4, -0.2) is 104 Å². The molecule has 1 aliphatic heterocycles. The van der Waals surface area contributed by atoms with Gasteiger partial charge in [0.05, 0.1) is 6.42 Å². The van der Waals surface area contributed by atoms with Crippen molar-refractivity contribution in [3.05, 3.63) is 30.2 Å². The molecule has 1 aromatic heterocycles. The minimum atomic E-state index is -4.91. The maximum absolute atomic E-state index is 14.3. The van der Waals surface area contributed by atoms with Crippen molar-refractivity contribution in [1.82, 2.24) is 30.5 Å². The standard InChI is InChI=1S/C34H51F3N6O7S2/c1-10-14-38-29(46)26(44)21(16-34(35,36)37)39-28(45)25-24-20(33(24,7)8)17-43(25)30(47)27(32(4,5)6)41-31(48)40-22(19(3)11-2)18-42(9)52(49,50)23-13-12-15-51-23/h10,12-13,15,19-22,24-25,27H,1,11,14,16-18H2,2-9H3,(H,38,46)(H,39,45)(H2,40,41,48)/t19-,20-,21?,22+,24-,25-,27+/m0/s1. The summed E-state index contributed by atoms with van der Waals surface area (Å²) < 4.78 is 68.1. The lowest BCUT2D eigenvalue weighted by atomic mass is 9.85. The van der Waals surface area contributed by atoms with Crippen LogP contribution < -0.4 is 21.3 Å². The number of urea groups is 1. The quantitative estimate of drug-likeness (QED) is 0.147. The van der Waals surface area contributed by atoms with Crippen molar-refractivity contribution >= 4 is 50.9 Å². The third kappa shape index (κ3) is 9.92. The number of piperidine rings is 1. The van der Waals surface area contributed by atoms with Crippen LogP contribution in [-0.2, 0) is 29.2 Å². The average Bonchev–Trinajstić information content (AvgIpc) is 3.50. The van der Waals surface area contributed by atoms with Crippen molar-refractivity contribution in [2.24, 2.45) is 28.6 Å². The molecule has 5 amide bonds. The van der Waals surface area contributed by atoms with Gasteiger partial charge >= 0.3 is 12.2 Å². The van der Waals surface area contributed by atoms with E-state index in [2.05, 4.69) is 27.8 Å². The number of Topliss-reactive ketones (excluding diaryl/α,β-unsaturated/α-hetero) is 1. The Balaban J connectivity index is 1.85. The molecule has 4 N–H and O–H groups in total. The van der Waals surface area contributed by atoms with E-state index in [0.29, 0.717) is 6.42 Å². The van der Waals surface area contributed by atoms with E-state index in [1.807, 2.05) is 27.7 Å². The number of hydrogen-bond donors (Lipinski definition) is 4. The van der Waals surface area contributed by atoms with E-state index in [1.165, 1.54) is 24.1 Å². The molecule has 52 heavy (non-hydrogen) atoms. The summed E-state index contributed by atoms with van der Waals surface area (Å²) in [7, 11) is -2.41. The predicted octanol–water partition coefficient (Wildman–Crippen LogP) is 3.29. The van der Waals surface area contributed by atoms with Crippen LogP contribution in [0.1, 0.15) is 61.3 Å². The molecule has 0 spiro atoms. The second kappa shape index (κ2) is 16.2. The summed E-state index contributed by atoms with van der Waals surface area (Å²) in [4.78, 5) is 68.0. The fraction of sp³-hybridized carbons (Fsp3) is 0.676. The number of hydrogen-bond acceptors (Lipinski definition) is 8. The van der Waals surface area contributed by atoms with Crippen LogP contribution in [0.25, 0.3) is 0 Å². The average molecular weight is 777 g/mol. The molecular weight excluding hydrogens is 726 g/mol. The lowest BCUT2D eigenvalue weighted by Crippen LogP contribution is -2.62. The van der Waals surface area contributed by atoms with Gasteiger partial charge in [-0.2, -0.15) is 17.5 Å². The summed E-state index contributed by atoms with van der Waals surface area (Å²) in [5.74, 6) is -5.33. The van der Waals surface area contributed by atoms with E-state index in [9.17, 15) is 45.6 Å². The van der Waals surface area contributed by atoms with Crippen molar-refractivity contribution in [2.45, 2.75) is 95.9 Å². The van der Waals surface area contributed by atoms with Crippen molar-refractivity contribution in [3.8, 4) is 0 Å². The molecule has 7 atom stereocenters. The molecule has 1 saturated heterocycles. The fourth-order valence-electron chi connectivity index (χ4n) is 6.67. The van der Waals surface area contributed by atoms with Gasteiger partial charge in [0.15, 0.2) is 0 Å². The van der Waals surface area contributed by atoms with E-state index in [-0.39, 0.29) is 35.7 Å². The third-order valence-corrected chi connectivity index (χ3v) is 13.3. The van der Waals surface area contributed by atoms with Crippen molar-refractivity contribution in [2.75, 3.05) is 26.7 Å². The van der Waals surface area contributed by atoms with Crippen LogP contribution in [0.3, 0.4) is 0 Å². The molecule has 1 aromatic rings. The van der Waals surface area contributed by atoms with Crippen LogP contribution in [0.5, 0.6) is 0 Å². The van der Waals surface area contributed by atoms with Crippen LogP contribution in [0.15, 0.2) is 34.4 Å². The van der Waals surface area contributed by atoms with Crippen LogP contribution >= 0.6 is 11.3 Å². The lowest BCUT2D eigenvalue weighted by molar-refractivity contribution is -0.155. The van der Waals surface area contributed by atoms with E-state index in [4.69, 9.17) is 0 Å². The predicted molar refractivity (Wildman–Crippen MR) is 189 cm³/mol. The first kappa shape index (κ1) is 42.9. The highest BCUT2D eigenvalue weighted by Gasteiger charge is 2.70. The molecule has 2 aliphatic rings. The molecule has 0 aromatic carbocycles. The highest BCUT2D eigenvalue weighted by Crippen LogP contribution is 2.65. The zero-order valence-electron chi connectivity index (χ0n) is 30.8. The molecule has 0 radical (unpaired) electrons. The van der Waals surface area contributed by atoms with Gasteiger partial charge in [0.25, 0.3) is 15.9 Å². The number of amides is 5. The number of fused-ring (bicyclic) bond motifs is 1. The minimum absolute atomic E-state index is 0.0625. The second-order valence-corrected chi connectivity index (χ2v) is 18.5. The highest BCUT2D eigenvalue weighted by molar-refractivity contribution is 7.91. The van der Waals surface area contributed by atoms with Gasteiger partial charge in [-0.1, -0.05) is 67.0 Å². The number of carbonyl (C=O) groups excluding carboxylic acids is 5. The summed E-state index contributed by atoms with van der Waals surface area (Å²) in [6.45, 7) is 15.8. The van der Waals surface area contributed by atoms with E-state index < -0.39 is 93.1 Å². The Labute approximate surface area is 307 Å². The Kier molecular flexibility index (Phi) is 13.4. The molecule has 18 heteroatoms. The first-order chi connectivity index (χ1) is 23.9. The highest BCUT2D eigenvalue weighted by atomic mass is 32.2. The molecule has 0 bridgehead atoms. The number of rotatable bonds is 16. The van der Waals surface area contributed by atoms with Gasteiger partial charge < -0.3 is 26.2 Å². The largest absolute Gasteiger partial charge is 0.391 e. The number of thiophene rings is 1. The van der Waals surface area contributed by atoms with Gasteiger partial charge in [-0.3, -0.25) is 19.2 Å². The van der Waals surface area contributed by atoms with Gasteiger partial charge in [0.1, 0.15) is 22.3 Å². The number of nitrogens with zero attached hydrogens (tertiary/aromatic N) is 2. The summed E-state index contributed by atoms with van der Waals surface area (Å²) in [6, 6.07) is -3.07. The summed E-state index contributed by atoms with van der Waals surface area (Å²) in [6.07, 6.45) is -4.88. The van der Waals surface area contributed by atoms with Gasteiger partial charge in [0, 0.05) is 32.7 Å². The van der Waals surface area contributed by atoms with Crippen LogP contribution in [0.4, 0.5) is 18.0 Å². The number of likely N-dealkylation sites (N-methyl/N-ethyl adjacent to an activating group) is 1. The maximum Gasteiger partial charge on any atom is 0.391 e. The number of ketones is 1. The molecule has 3 rings (SSSR count). The number of carbonyl (C=O) groups is 5. The summed E-state index contributed by atoms with van der Waals surface area (Å²) in [5, 5.41) is 11.4. The number of nitrogens with one attached hydrogen (secondary N) is 4. The first-order valence-electron chi connectivity index (χ1n) is 17.1. The number of halogens is 3. The number of likely N-dealkylation sites (tertiary alicyclic amines) is 1. The fourth-order valence-corrected chi connectivity index (χ4v) is 9.07. The summed E-state index contributed by atoms with van der Waals surface area (Å²) >= 11 is 1.07. The van der Waals surface area contributed by atoms with Gasteiger partial charge in [-0.05, 0) is 40.0 Å². The zero-order valence-corrected chi connectivity index (χ0v) is 32.4. The maximum atomic E-state index is 14.3. The molecule has 2 fully saturated rings. The third-order valence-electron chi connectivity index (χ3n) is 10.1. The van der Waals surface area contributed by atoms with E-state index in [0.717, 1.165) is 15.6 Å². The molecule has 292 valence electrons. The molecule has 1 aliphatic carbocycles. The molecule has 1 saturated carbocycles.